The Kier molecular flexibility index (Phi) is 5.64. The van der Waals surface area contributed by atoms with Crippen LogP contribution >= 0.6 is 0 Å². The van der Waals surface area contributed by atoms with E-state index in [4.69, 9.17) is 5.11 Å². The first-order valence-electron chi connectivity index (χ1n) is 7.65. The van der Waals surface area contributed by atoms with E-state index in [0.717, 1.165) is 25.8 Å². The van der Waals surface area contributed by atoms with Crippen LogP contribution in [0.2, 0.25) is 0 Å². The molecule has 114 valence electrons. The second-order valence-electron chi connectivity index (χ2n) is 5.87. The topological polar surface area (TPSA) is 90.5 Å². The molecule has 0 aromatic rings. The van der Waals surface area contributed by atoms with Gasteiger partial charge in [-0.25, -0.2) is 4.79 Å². The highest BCUT2D eigenvalue weighted by molar-refractivity contribution is 5.74. The van der Waals surface area contributed by atoms with E-state index in [1.54, 1.807) is 0 Å². The molecule has 0 aliphatic heterocycles. The number of amides is 2. The second-order valence-corrected chi connectivity index (χ2v) is 5.87. The molecule has 2 aliphatic rings. The van der Waals surface area contributed by atoms with Crippen molar-refractivity contribution in [3.63, 3.8) is 0 Å². The molecule has 0 aromatic carbocycles. The van der Waals surface area contributed by atoms with Crippen LogP contribution in [0.5, 0.6) is 0 Å². The lowest BCUT2D eigenvalue weighted by molar-refractivity contribution is -0.142. The number of carbonyl (C=O) groups excluding carboxylic acids is 1. The molecule has 0 unspecified atom stereocenters. The largest absolute Gasteiger partial charge is 0.481 e. The van der Waals surface area contributed by atoms with Gasteiger partial charge in [0, 0.05) is 18.6 Å². The lowest BCUT2D eigenvalue weighted by atomic mass is 9.86. The highest BCUT2D eigenvalue weighted by atomic mass is 16.4. The number of aliphatic carboxylic acids is 1. The molecule has 2 fully saturated rings. The summed E-state index contributed by atoms with van der Waals surface area (Å²) in [5, 5.41) is 18.1. The van der Waals surface area contributed by atoms with Gasteiger partial charge in [0.2, 0.25) is 0 Å². The quantitative estimate of drug-likeness (QED) is 0.526. The van der Waals surface area contributed by atoms with Gasteiger partial charge >= 0.3 is 12.0 Å². The Labute approximate surface area is 119 Å². The molecule has 2 aliphatic carbocycles. The molecule has 6 nitrogen and oxygen atoms in total. The summed E-state index contributed by atoms with van der Waals surface area (Å²) in [6.07, 6.45) is 6.34. The molecule has 0 heterocycles. The summed E-state index contributed by atoms with van der Waals surface area (Å²) < 4.78 is 0. The molecular formula is C14H25N3O3. The Hall–Kier alpha value is -1.30. The molecule has 0 atom stereocenters. The van der Waals surface area contributed by atoms with Crippen molar-refractivity contribution in [2.45, 2.75) is 57.0 Å². The normalized spacial score (nSPS) is 26.0. The third kappa shape index (κ3) is 5.36. The minimum Gasteiger partial charge on any atom is -0.481 e. The van der Waals surface area contributed by atoms with E-state index in [1.807, 2.05) is 0 Å². The molecule has 20 heavy (non-hydrogen) atoms. The number of carboxylic acid groups (broad SMARTS) is 1. The minimum absolute atomic E-state index is 0.121. The van der Waals surface area contributed by atoms with Gasteiger partial charge in [0.25, 0.3) is 0 Å². The zero-order valence-corrected chi connectivity index (χ0v) is 11.9. The van der Waals surface area contributed by atoms with Crippen molar-refractivity contribution in [2.75, 3.05) is 13.1 Å². The highest BCUT2D eigenvalue weighted by Crippen LogP contribution is 2.24. The first-order valence-corrected chi connectivity index (χ1v) is 7.65. The van der Waals surface area contributed by atoms with E-state index in [2.05, 4.69) is 16.0 Å². The summed E-state index contributed by atoms with van der Waals surface area (Å²) in [5.74, 6) is -0.944. The molecular weight excluding hydrogens is 258 g/mol. The SMILES string of the molecule is O=C(NCCCNC1CC1)NC1CCC(C(=O)O)CC1. The number of hydrogen-bond acceptors (Lipinski definition) is 3. The Balaban J connectivity index is 1.49. The van der Waals surface area contributed by atoms with Crippen LogP contribution in [0, 0.1) is 5.92 Å². The average molecular weight is 283 g/mol. The number of carbonyl (C=O) groups is 2. The molecule has 0 aromatic heterocycles. The van der Waals surface area contributed by atoms with Gasteiger partial charge in [0.05, 0.1) is 5.92 Å². The van der Waals surface area contributed by atoms with Crippen molar-refractivity contribution >= 4 is 12.0 Å². The van der Waals surface area contributed by atoms with Gasteiger partial charge in [0.1, 0.15) is 0 Å². The number of rotatable bonds is 7. The van der Waals surface area contributed by atoms with Crippen LogP contribution < -0.4 is 16.0 Å². The zero-order chi connectivity index (χ0) is 14.4. The van der Waals surface area contributed by atoms with Crippen LogP contribution in [0.3, 0.4) is 0 Å². The van der Waals surface area contributed by atoms with Crippen molar-refractivity contribution in [3.8, 4) is 0 Å². The van der Waals surface area contributed by atoms with E-state index in [9.17, 15) is 9.59 Å². The van der Waals surface area contributed by atoms with E-state index in [0.29, 0.717) is 25.4 Å². The number of urea groups is 1. The fourth-order valence-corrected chi connectivity index (χ4v) is 2.61. The van der Waals surface area contributed by atoms with E-state index < -0.39 is 5.97 Å². The standard InChI is InChI=1S/C14H25N3O3/c18-13(19)10-2-4-12(5-3-10)17-14(20)16-9-1-8-15-11-6-7-11/h10-12,15H,1-9H2,(H,18,19)(H2,16,17,20). The first-order chi connectivity index (χ1) is 9.65. The maximum absolute atomic E-state index is 11.7. The maximum atomic E-state index is 11.7. The fourth-order valence-electron chi connectivity index (χ4n) is 2.61. The van der Waals surface area contributed by atoms with E-state index in [-0.39, 0.29) is 18.0 Å². The summed E-state index contributed by atoms with van der Waals surface area (Å²) in [4.78, 5) is 22.5. The molecule has 4 N–H and O–H groups in total. The molecule has 0 spiro atoms. The fraction of sp³-hybridized carbons (Fsp3) is 0.857. The van der Waals surface area contributed by atoms with Crippen LogP contribution in [-0.2, 0) is 4.79 Å². The summed E-state index contributed by atoms with van der Waals surface area (Å²) in [7, 11) is 0. The third-order valence-electron chi connectivity index (χ3n) is 4.06. The molecule has 0 bridgehead atoms. The monoisotopic (exact) mass is 283 g/mol. The Morgan fingerprint density at radius 1 is 0.950 bits per heavy atom. The lowest BCUT2D eigenvalue weighted by Gasteiger charge is -2.26. The first kappa shape index (κ1) is 15.1. The van der Waals surface area contributed by atoms with Gasteiger partial charge in [-0.3, -0.25) is 4.79 Å². The summed E-state index contributed by atoms with van der Waals surface area (Å²) in [5.41, 5.74) is 0. The maximum Gasteiger partial charge on any atom is 0.315 e. The van der Waals surface area contributed by atoms with Gasteiger partial charge in [-0.1, -0.05) is 0 Å². The molecule has 2 rings (SSSR count). The molecule has 2 saturated carbocycles. The van der Waals surface area contributed by atoms with Gasteiger partial charge < -0.3 is 21.1 Å². The van der Waals surface area contributed by atoms with E-state index >= 15 is 0 Å². The average Bonchev–Trinajstić information content (AvgIpc) is 3.23. The van der Waals surface area contributed by atoms with Crippen molar-refractivity contribution < 1.29 is 14.7 Å². The van der Waals surface area contributed by atoms with Gasteiger partial charge in [0.15, 0.2) is 0 Å². The predicted octanol–water partition coefficient (Wildman–Crippen LogP) is 1.07. The van der Waals surface area contributed by atoms with Crippen molar-refractivity contribution in [1.82, 2.24) is 16.0 Å². The van der Waals surface area contributed by atoms with Crippen molar-refractivity contribution in [2.24, 2.45) is 5.92 Å². The number of carboxylic acids is 1. The van der Waals surface area contributed by atoms with Gasteiger partial charge in [-0.05, 0) is 51.5 Å². The summed E-state index contributed by atoms with van der Waals surface area (Å²) in [6.45, 7) is 1.63. The van der Waals surface area contributed by atoms with Crippen LogP contribution in [0.25, 0.3) is 0 Å². The lowest BCUT2D eigenvalue weighted by Crippen LogP contribution is -2.44. The predicted molar refractivity (Wildman–Crippen MR) is 75.6 cm³/mol. The minimum atomic E-state index is -0.712. The van der Waals surface area contributed by atoms with Crippen LogP contribution in [0.1, 0.15) is 44.9 Å². The Bertz CT molecular complexity index is 337. The smallest absolute Gasteiger partial charge is 0.315 e. The second kappa shape index (κ2) is 7.47. The van der Waals surface area contributed by atoms with Gasteiger partial charge in [-0.2, -0.15) is 0 Å². The summed E-state index contributed by atoms with van der Waals surface area (Å²) >= 11 is 0. The van der Waals surface area contributed by atoms with E-state index in [1.165, 1.54) is 12.8 Å². The third-order valence-corrected chi connectivity index (χ3v) is 4.06. The molecule has 0 saturated heterocycles. The molecule has 6 heteroatoms. The number of nitrogens with one attached hydrogen (secondary N) is 3. The Morgan fingerprint density at radius 3 is 2.20 bits per heavy atom. The highest BCUT2D eigenvalue weighted by Gasteiger charge is 2.26. The zero-order valence-electron chi connectivity index (χ0n) is 11.9. The van der Waals surface area contributed by atoms with Crippen LogP contribution in [-0.4, -0.2) is 42.3 Å². The van der Waals surface area contributed by atoms with Gasteiger partial charge in [-0.15, -0.1) is 0 Å². The Morgan fingerprint density at radius 2 is 1.60 bits per heavy atom. The van der Waals surface area contributed by atoms with Crippen molar-refractivity contribution in [1.29, 1.82) is 0 Å². The van der Waals surface area contributed by atoms with Crippen LogP contribution in [0.4, 0.5) is 4.79 Å². The van der Waals surface area contributed by atoms with Crippen molar-refractivity contribution in [3.05, 3.63) is 0 Å². The molecule has 0 radical (unpaired) electrons. The van der Waals surface area contributed by atoms with Crippen LogP contribution in [0.15, 0.2) is 0 Å². The summed E-state index contributed by atoms with van der Waals surface area (Å²) in [6, 6.07) is 0.707. The molecule has 2 amide bonds. The number of hydrogen-bond donors (Lipinski definition) is 4.